The van der Waals surface area contributed by atoms with Crippen molar-refractivity contribution in [1.29, 1.82) is 0 Å². The monoisotopic (exact) mass is 229 g/mol. The van der Waals surface area contributed by atoms with Gasteiger partial charge in [0.1, 0.15) is 5.71 Å². The number of esters is 1. The average Bonchev–Trinajstić information content (AvgIpc) is 2.84. The van der Waals surface area contributed by atoms with E-state index >= 15 is 0 Å². The Morgan fingerprint density at radius 1 is 1.67 bits per heavy atom. The molecule has 1 aromatic rings. The summed E-state index contributed by atoms with van der Waals surface area (Å²) in [5, 5.41) is 4.01. The molecule has 1 atom stereocenters. The maximum atomic E-state index is 11.1. The van der Waals surface area contributed by atoms with Gasteiger partial charge in [0.25, 0.3) is 0 Å². The zero-order chi connectivity index (χ0) is 10.8. The number of halogens is 1. The van der Waals surface area contributed by atoms with Crippen LogP contribution >= 0.6 is 11.6 Å². The van der Waals surface area contributed by atoms with Crippen molar-refractivity contribution < 1.29 is 18.8 Å². The Balaban J connectivity index is 2.06. The minimum absolute atomic E-state index is 0.272. The lowest BCUT2D eigenvalue weighted by molar-refractivity contribution is -0.152. The molecule has 0 fully saturated rings. The fourth-order valence-corrected chi connectivity index (χ4v) is 1.40. The number of carbonyl (C=O) groups is 1. The highest BCUT2D eigenvalue weighted by Gasteiger charge is 2.30. The summed E-state index contributed by atoms with van der Waals surface area (Å²) < 4.78 is 9.66. The maximum Gasteiger partial charge on any atom is 0.350 e. The number of ether oxygens (including phenoxy) is 1. The molecule has 0 spiro atoms. The molecule has 0 amide bonds. The van der Waals surface area contributed by atoms with Crippen LogP contribution in [0.4, 0.5) is 0 Å². The Hall–Kier alpha value is -1.49. The molecule has 0 radical (unpaired) electrons. The molecule has 6 heteroatoms. The molecule has 0 aromatic carbocycles. The first-order valence-corrected chi connectivity index (χ1v) is 4.64. The van der Waals surface area contributed by atoms with Crippen LogP contribution in [0.1, 0.15) is 12.2 Å². The molecular formula is C9H8ClNO4. The van der Waals surface area contributed by atoms with Crippen molar-refractivity contribution in [2.24, 2.45) is 5.16 Å². The molecule has 1 aromatic heterocycles. The van der Waals surface area contributed by atoms with E-state index in [0.29, 0.717) is 17.9 Å². The van der Waals surface area contributed by atoms with Gasteiger partial charge >= 0.3 is 5.97 Å². The molecule has 1 unspecified atom stereocenters. The molecule has 2 heterocycles. The third-order valence-corrected chi connectivity index (χ3v) is 2.19. The van der Waals surface area contributed by atoms with E-state index < -0.39 is 12.1 Å². The normalized spacial score (nSPS) is 19.6. The van der Waals surface area contributed by atoms with E-state index in [0.717, 1.165) is 0 Å². The molecule has 0 aliphatic carbocycles. The maximum absolute atomic E-state index is 11.1. The van der Waals surface area contributed by atoms with E-state index in [1.54, 1.807) is 12.1 Å². The first kappa shape index (κ1) is 10.0. The van der Waals surface area contributed by atoms with Crippen LogP contribution in [-0.4, -0.2) is 24.9 Å². The second-order valence-electron chi connectivity index (χ2n) is 2.96. The summed E-state index contributed by atoms with van der Waals surface area (Å²) >= 11 is 5.61. The van der Waals surface area contributed by atoms with E-state index in [4.69, 9.17) is 20.9 Å². The van der Waals surface area contributed by atoms with Gasteiger partial charge in [-0.2, -0.15) is 0 Å². The summed E-state index contributed by atoms with van der Waals surface area (Å²) in [6.45, 7) is 0. The third-order valence-electron chi connectivity index (χ3n) is 1.99. The molecular weight excluding hydrogens is 222 g/mol. The van der Waals surface area contributed by atoms with Crippen molar-refractivity contribution in [3.05, 3.63) is 23.1 Å². The zero-order valence-corrected chi connectivity index (χ0v) is 8.65. The topological polar surface area (TPSA) is 61.0 Å². The lowest BCUT2D eigenvalue weighted by Gasteiger charge is -2.03. The van der Waals surface area contributed by atoms with Crippen LogP contribution in [0.15, 0.2) is 21.7 Å². The van der Waals surface area contributed by atoms with Gasteiger partial charge in [-0.3, -0.25) is 0 Å². The van der Waals surface area contributed by atoms with Crippen LogP contribution in [0.25, 0.3) is 0 Å². The first-order chi connectivity index (χ1) is 7.20. The van der Waals surface area contributed by atoms with Crippen LogP contribution in [0.5, 0.6) is 0 Å². The smallest absolute Gasteiger partial charge is 0.350 e. The average molecular weight is 230 g/mol. The highest BCUT2D eigenvalue weighted by atomic mass is 35.5. The van der Waals surface area contributed by atoms with Gasteiger partial charge < -0.3 is 14.0 Å². The van der Waals surface area contributed by atoms with Crippen molar-refractivity contribution in [3.63, 3.8) is 0 Å². The zero-order valence-electron chi connectivity index (χ0n) is 7.90. The van der Waals surface area contributed by atoms with Crippen LogP contribution in [0, 0.1) is 0 Å². The number of hydrogen-bond donors (Lipinski definition) is 0. The number of furan rings is 1. The summed E-state index contributed by atoms with van der Waals surface area (Å²) in [4.78, 5) is 16.0. The fraction of sp³-hybridized carbons (Fsp3) is 0.333. The molecule has 5 nitrogen and oxygen atoms in total. The quantitative estimate of drug-likeness (QED) is 0.723. The van der Waals surface area contributed by atoms with Gasteiger partial charge in [-0.25, -0.2) is 4.79 Å². The Kier molecular flexibility index (Phi) is 2.64. The molecule has 0 N–H and O–H groups in total. The van der Waals surface area contributed by atoms with Gasteiger partial charge in [0.05, 0.1) is 7.11 Å². The highest BCUT2D eigenvalue weighted by molar-refractivity contribution is 6.29. The fourth-order valence-electron chi connectivity index (χ4n) is 1.25. The lowest BCUT2D eigenvalue weighted by atomic mass is 10.1. The predicted octanol–water partition coefficient (Wildman–Crippen LogP) is 1.60. The number of oxime groups is 1. The molecule has 80 valence electrons. The molecule has 1 aliphatic rings. The summed E-state index contributed by atoms with van der Waals surface area (Å²) in [6, 6.07) is 3.27. The molecule has 1 aliphatic heterocycles. The summed E-state index contributed by atoms with van der Waals surface area (Å²) in [5.41, 5.74) is 0.553. The molecule has 0 saturated carbocycles. The molecule has 0 bridgehead atoms. The predicted molar refractivity (Wildman–Crippen MR) is 51.8 cm³/mol. The van der Waals surface area contributed by atoms with Crippen LogP contribution in [0.2, 0.25) is 5.22 Å². The van der Waals surface area contributed by atoms with E-state index in [9.17, 15) is 4.79 Å². The van der Waals surface area contributed by atoms with Crippen molar-refractivity contribution >= 4 is 23.3 Å². The number of hydrogen-bond acceptors (Lipinski definition) is 5. The van der Waals surface area contributed by atoms with Gasteiger partial charge in [-0.05, 0) is 23.7 Å². The largest absolute Gasteiger partial charge is 0.466 e. The standard InChI is InChI=1S/C9H8ClNO4/c1-13-9(12)7-4-5(11-15-7)6-2-3-8(10)14-6/h2-3,7H,4H2,1H3. The van der Waals surface area contributed by atoms with Gasteiger partial charge in [-0.15, -0.1) is 0 Å². The number of nitrogens with zero attached hydrogens (tertiary/aromatic N) is 1. The SMILES string of the molecule is COC(=O)C1CC(c2ccc(Cl)o2)=NO1. The number of rotatable bonds is 2. The van der Waals surface area contributed by atoms with Gasteiger partial charge in [0.2, 0.25) is 6.10 Å². The first-order valence-electron chi connectivity index (χ1n) is 4.27. The van der Waals surface area contributed by atoms with Crippen molar-refractivity contribution in [2.75, 3.05) is 7.11 Å². The Morgan fingerprint density at radius 2 is 2.47 bits per heavy atom. The lowest BCUT2D eigenvalue weighted by Crippen LogP contribution is -2.22. The van der Waals surface area contributed by atoms with Crippen LogP contribution in [-0.2, 0) is 14.4 Å². The van der Waals surface area contributed by atoms with Crippen LogP contribution in [0.3, 0.4) is 0 Å². The van der Waals surface area contributed by atoms with E-state index in [-0.39, 0.29) is 5.22 Å². The van der Waals surface area contributed by atoms with E-state index in [1.807, 2.05) is 0 Å². The number of methoxy groups -OCH3 is 1. The number of carbonyl (C=O) groups excluding carboxylic acids is 1. The van der Waals surface area contributed by atoms with Gasteiger partial charge in [-0.1, -0.05) is 5.16 Å². The van der Waals surface area contributed by atoms with Gasteiger partial charge in [0, 0.05) is 6.42 Å². The van der Waals surface area contributed by atoms with Crippen molar-refractivity contribution in [1.82, 2.24) is 0 Å². The minimum atomic E-state index is -0.686. The molecule has 0 saturated heterocycles. The summed E-state index contributed by atoms with van der Waals surface area (Å²) in [5.74, 6) is 0.0535. The van der Waals surface area contributed by atoms with Crippen LogP contribution < -0.4 is 0 Å². The van der Waals surface area contributed by atoms with E-state index in [2.05, 4.69) is 9.89 Å². The van der Waals surface area contributed by atoms with E-state index in [1.165, 1.54) is 7.11 Å². The third kappa shape index (κ3) is 1.97. The second kappa shape index (κ2) is 3.94. The van der Waals surface area contributed by atoms with Crippen molar-refractivity contribution in [3.8, 4) is 0 Å². The van der Waals surface area contributed by atoms with Gasteiger partial charge in [0.15, 0.2) is 11.0 Å². The molecule has 15 heavy (non-hydrogen) atoms. The summed E-state index contributed by atoms with van der Waals surface area (Å²) in [7, 11) is 1.30. The highest BCUT2D eigenvalue weighted by Crippen LogP contribution is 2.21. The Bertz CT molecular complexity index is 412. The Labute approximate surface area is 90.6 Å². The minimum Gasteiger partial charge on any atom is -0.466 e. The van der Waals surface area contributed by atoms with Crippen molar-refractivity contribution in [2.45, 2.75) is 12.5 Å². The summed E-state index contributed by atoms with van der Waals surface area (Å²) in [6.07, 6.45) is -0.356. The second-order valence-corrected chi connectivity index (χ2v) is 3.34. The Morgan fingerprint density at radius 3 is 3.07 bits per heavy atom. The molecule has 2 rings (SSSR count).